The van der Waals surface area contributed by atoms with Gasteiger partial charge in [-0.15, -0.1) is 0 Å². The van der Waals surface area contributed by atoms with Gasteiger partial charge in [-0.05, 0) is 26.3 Å². The summed E-state index contributed by atoms with van der Waals surface area (Å²) in [5, 5.41) is 3.38. The topological polar surface area (TPSA) is 47.0 Å². The van der Waals surface area contributed by atoms with Crippen molar-refractivity contribution in [3.05, 3.63) is 29.6 Å². The normalized spacial score (nSPS) is 11.4. The lowest BCUT2D eigenvalue weighted by atomic mass is 10.2. The molecule has 1 aromatic rings. The predicted molar refractivity (Wildman–Crippen MR) is 73.6 cm³/mol. The first-order chi connectivity index (χ1) is 8.63. The molecule has 1 N–H and O–H groups in total. The highest BCUT2D eigenvalue weighted by molar-refractivity contribution is 5.17. The summed E-state index contributed by atoms with van der Waals surface area (Å²) in [7, 11) is 0. The Hall–Kier alpha value is -1.42. The van der Waals surface area contributed by atoms with E-state index in [0.29, 0.717) is 18.5 Å². The second-order valence-electron chi connectivity index (χ2n) is 4.67. The average Bonchev–Trinajstić information content (AvgIpc) is 2.32. The van der Waals surface area contributed by atoms with E-state index in [9.17, 15) is 0 Å². The van der Waals surface area contributed by atoms with E-state index in [2.05, 4.69) is 29.1 Å². The largest absolute Gasteiger partial charge is 0.459 e. The van der Waals surface area contributed by atoms with Crippen molar-refractivity contribution in [1.29, 1.82) is 0 Å². The SMILES string of the molecule is C/C=C/COc1ncc(CNCC(C)C)c(C)n1. The first kappa shape index (κ1) is 14.6. The van der Waals surface area contributed by atoms with Gasteiger partial charge in [0.25, 0.3) is 0 Å². The van der Waals surface area contributed by atoms with Gasteiger partial charge >= 0.3 is 6.01 Å². The number of aromatic nitrogens is 2. The summed E-state index contributed by atoms with van der Waals surface area (Å²) in [6.07, 6.45) is 5.70. The molecule has 0 radical (unpaired) electrons. The van der Waals surface area contributed by atoms with Gasteiger partial charge in [0.2, 0.25) is 0 Å². The third-order valence-corrected chi connectivity index (χ3v) is 2.47. The molecule has 0 unspecified atom stereocenters. The lowest BCUT2D eigenvalue weighted by molar-refractivity contribution is 0.331. The molecule has 1 rings (SSSR count). The number of hydrogen-bond acceptors (Lipinski definition) is 4. The zero-order valence-electron chi connectivity index (χ0n) is 11.7. The number of nitrogens with zero attached hydrogens (tertiary/aromatic N) is 2. The summed E-state index contributed by atoms with van der Waals surface area (Å²) in [4.78, 5) is 8.54. The van der Waals surface area contributed by atoms with Crippen molar-refractivity contribution in [2.45, 2.75) is 34.2 Å². The Morgan fingerprint density at radius 2 is 2.22 bits per heavy atom. The Balaban J connectivity index is 2.51. The highest BCUT2D eigenvalue weighted by Gasteiger charge is 2.04. The second-order valence-corrected chi connectivity index (χ2v) is 4.67. The Kier molecular flexibility index (Phi) is 6.36. The molecule has 0 saturated heterocycles. The highest BCUT2D eigenvalue weighted by atomic mass is 16.5. The molecule has 0 saturated carbocycles. The first-order valence-corrected chi connectivity index (χ1v) is 6.40. The average molecular weight is 249 g/mol. The van der Waals surface area contributed by atoms with Crippen LogP contribution in [-0.4, -0.2) is 23.1 Å². The van der Waals surface area contributed by atoms with Gasteiger partial charge in [-0.3, -0.25) is 0 Å². The molecule has 4 nitrogen and oxygen atoms in total. The van der Waals surface area contributed by atoms with E-state index < -0.39 is 0 Å². The molecule has 0 aromatic carbocycles. The van der Waals surface area contributed by atoms with Gasteiger partial charge in [-0.1, -0.05) is 26.0 Å². The van der Waals surface area contributed by atoms with Crippen molar-refractivity contribution in [2.75, 3.05) is 13.2 Å². The minimum atomic E-state index is 0.443. The second kappa shape index (κ2) is 7.82. The monoisotopic (exact) mass is 249 g/mol. The van der Waals surface area contributed by atoms with E-state index in [-0.39, 0.29) is 0 Å². The molecule has 100 valence electrons. The number of hydrogen-bond donors (Lipinski definition) is 1. The zero-order valence-corrected chi connectivity index (χ0v) is 11.7. The number of ether oxygens (including phenoxy) is 1. The van der Waals surface area contributed by atoms with Crippen LogP contribution in [0.4, 0.5) is 0 Å². The molecular formula is C14H23N3O. The van der Waals surface area contributed by atoms with Crippen LogP contribution in [0.3, 0.4) is 0 Å². The van der Waals surface area contributed by atoms with E-state index >= 15 is 0 Å². The Bertz CT molecular complexity index is 389. The minimum Gasteiger partial charge on any atom is -0.459 e. The van der Waals surface area contributed by atoms with Gasteiger partial charge < -0.3 is 10.1 Å². The maximum atomic E-state index is 5.40. The summed E-state index contributed by atoms with van der Waals surface area (Å²) < 4.78 is 5.40. The Labute approximate surface area is 109 Å². The molecule has 0 aliphatic rings. The lowest BCUT2D eigenvalue weighted by Gasteiger charge is -2.09. The Morgan fingerprint density at radius 1 is 1.44 bits per heavy atom. The smallest absolute Gasteiger partial charge is 0.316 e. The summed E-state index contributed by atoms with van der Waals surface area (Å²) in [5.74, 6) is 0.648. The highest BCUT2D eigenvalue weighted by Crippen LogP contribution is 2.08. The maximum absolute atomic E-state index is 5.40. The van der Waals surface area contributed by atoms with Crippen LogP contribution in [0.5, 0.6) is 6.01 Å². The van der Waals surface area contributed by atoms with Gasteiger partial charge in [0.05, 0.1) is 0 Å². The van der Waals surface area contributed by atoms with Crippen molar-refractivity contribution in [1.82, 2.24) is 15.3 Å². The Morgan fingerprint density at radius 3 is 2.83 bits per heavy atom. The molecular weight excluding hydrogens is 226 g/mol. The van der Waals surface area contributed by atoms with Gasteiger partial charge in [-0.25, -0.2) is 9.97 Å². The molecule has 0 fully saturated rings. The van der Waals surface area contributed by atoms with E-state index in [1.165, 1.54) is 0 Å². The van der Waals surface area contributed by atoms with Gasteiger partial charge in [0, 0.05) is 24.0 Å². The van der Waals surface area contributed by atoms with Crippen LogP contribution in [0.1, 0.15) is 32.0 Å². The lowest BCUT2D eigenvalue weighted by Crippen LogP contribution is -2.20. The van der Waals surface area contributed by atoms with Crippen molar-refractivity contribution in [3.8, 4) is 6.01 Å². The van der Waals surface area contributed by atoms with Crippen LogP contribution in [-0.2, 0) is 6.54 Å². The number of allylic oxidation sites excluding steroid dienone is 1. The van der Waals surface area contributed by atoms with Crippen molar-refractivity contribution < 1.29 is 4.74 Å². The standard InChI is InChI=1S/C14H23N3O/c1-5-6-7-18-14-16-10-13(12(4)17-14)9-15-8-11(2)3/h5-6,10-11,15H,7-9H2,1-4H3/b6-5+. The molecule has 4 heteroatoms. The number of rotatable bonds is 7. The third-order valence-electron chi connectivity index (χ3n) is 2.47. The summed E-state index contributed by atoms with van der Waals surface area (Å²) in [5.41, 5.74) is 2.09. The molecule has 1 aromatic heterocycles. The van der Waals surface area contributed by atoms with Crippen LogP contribution >= 0.6 is 0 Å². The summed E-state index contributed by atoms with van der Waals surface area (Å²) >= 11 is 0. The molecule has 0 spiro atoms. The fourth-order valence-electron chi connectivity index (χ4n) is 1.43. The van der Waals surface area contributed by atoms with Crippen molar-refractivity contribution >= 4 is 0 Å². The molecule has 0 aliphatic heterocycles. The van der Waals surface area contributed by atoms with E-state index in [1.54, 1.807) is 0 Å². The fourth-order valence-corrected chi connectivity index (χ4v) is 1.43. The maximum Gasteiger partial charge on any atom is 0.316 e. The van der Waals surface area contributed by atoms with Gasteiger partial charge in [-0.2, -0.15) is 0 Å². The predicted octanol–water partition coefficient (Wildman–Crippen LogP) is 2.49. The molecule has 1 heterocycles. The van der Waals surface area contributed by atoms with E-state index in [0.717, 1.165) is 24.3 Å². The molecule has 0 bridgehead atoms. The molecule has 0 amide bonds. The van der Waals surface area contributed by atoms with E-state index in [4.69, 9.17) is 4.74 Å². The van der Waals surface area contributed by atoms with E-state index in [1.807, 2.05) is 32.2 Å². The van der Waals surface area contributed by atoms with Crippen LogP contribution in [0.2, 0.25) is 0 Å². The van der Waals surface area contributed by atoms with Gasteiger partial charge in [0.15, 0.2) is 0 Å². The number of aryl methyl sites for hydroxylation is 1. The van der Waals surface area contributed by atoms with Gasteiger partial charge in [0.1, 0.15) is 6.61 Å². The fraction of sp³-hybridized carbons (Fsp3) is 0.571. The summed E-state index contributed by atoms with van der Waals surface area (Å²) in [6, 6.07) is 0.443. The van der Waals surface area contributed by atoms with Crippen LogP contribution in [0, 0.1) is 12.8 Å². The minimum absolute atomic E-state index is 0.443. The molecule has 0 aliphatic carbocycles. The van der Waals surface area contributed by atoms with Crippen molar-refractivity contribution in [2.24, 2.45) is 5.92 Å². The van der Waals surface area contributed by atoms with Crippen LogP contribution < -0.4 is 10.1 Å². The van der Waals surface area contributed by atoms with Crippen LogP contribution in [0.15, 0.2) is 18.3 Å². The third kappa shape index (κ3) is 5.27. The first-order valence-electron chi connectivity index (χ1n) is 6.40. The van der Waals surface area contributed by atoms with Crippen LogP contribution in [0.25, 0.3) is 0 Å². The molecule has 18 heavy (non-hydrogen) atoms. The summed E-state index contributed by atoms with van der Waals surface area (Å²) in [6.45, 7) is 10.6. The number of nitrogens with one attached hydrogen (secondary N) is 1. The van der Waals surface area contributed by atoms with Crippen molar-refractivity contribution in [3.63, 3.8) is 0 Å². The quantitative estimate of drug-likeness (QED) is 0.754. The zero-order chi connectivity index (χ0) is 13.4. The molecule has 0 atom stereocenters.